The Kier molecular flexibility index (Phi) is 5.73. The summed E-state index contributed by atoms with van der Waals surface area (Å²) in [5.74, 6) is -0.465. The Morgan fingerprint density at radius 3 is 2.60 bits per heavy atom. The maximum atomic E-state index is 14.8. The van der Waals surface area contributed by atoms with Crippen molar-refractivity contribution in [2.45, 2.75) is 43.7 Å². The highest BCUT2D eigenvalue weighted by Gasteiger charge is 2.38. The quantitative estimate of drug-likeness (QED) is 0.672. The lowest BCUT2D eigenvalue weighted by molar-refractivity contribution is -0.175. The number of aromatic nitrogens is 4. The van der Waals surface area contributed by atoms with Crippen LogP contribution in [0.15, 0.2) is 12.4 Å². The summed E-state index contributed by atoms with van der Waals surface area (Å²) in [4.78, 5) is 9.62. The van der Waals surface area contributed by atoms with Crippen molar-refractivity contribution in [2.75, 3.05) is 31.1 Å². The van der Waals surface area contributed by atoms with E-state index in [-0.39, 0.29) is 28.6 Å². The fourth-order valence-electron chi connectivity index (χ4n) is 3.72. The van der Waals surface area contributed by atoms with Crippen LogP contribution in [0, 0.1) is 0 Å². The van der Waals surface area contributed by atoms with E-state index in [1.54, 1.807) is 0 Å². The summed E-state index contributed by atoms with van der Waals surface area (Å²) in [6.07, 6.45) is -1.95. The van der Waals surface area contributed by atoms with Crippen molar-refractivity contribution in [1.82, 2.24) is 24.6 Å². The second kappa shape index (κ2) is 8.16. The SMILES string of the molecule is CNc1nc(Nc2cnn([C@H]3CCC(N4COC4)C[C@@H]3F)c2Cl)ncc1C(F)(F)F. The Bertz CT molecular complexity index is 905. The Balaban J connectivity index is 1.48. The van der Waals surface area contributed by atoms with Gasteiger partial charge in [0, 0.05) is 19.3 Å². The van der Waals surface area contributed by atoms with Gasteiger partial charge in [-0.25, -0.2) is 14.1 Å². The Labute approximate surface area is 174 Å². The van der Waals surface area contributed by atoms with E-state index in [1.165, 1.54) is 17.9 Å². The zero-order chi connectivity index (χ0) is 21.5. The molecule has 0 spiro atoms. The lowest BCUT2D eigenvalue weighted by atomic mass is 9.89. The zero-order valence-electron chi connectivity index (χ0n) is 16.0. The molecule has 3 atom stereocenters. The van der Waals surface area contributed by atoms with Crippen LogP contribution >= 0.6 is 11.6 Å². The van der Waals surface area contributed by atoms with Crippen molar-refractivity contribution in [3.8, 4) is 0 Å². The van der Waals surface area contributed by atoms with E-state index in [2.05, 4.69) is 30.6 Å². The van der Waals surface area contributed by atoms with Crippen molar-refractivity contribution in [3.05, 3.63) is 23.1 Å². The number of anilines is 3. The highest BCUT2D eigenvalue weighted by Crippen LogP contribution is 2.38. The maximum Gasteiger partial charge on any atom is 0.421 e. The highest BCUT2D eigenvalue weighted by atomic mass is 35.5. The molecule has 0 bridgehead atoms. The van der Waals surface area contributed by atoms with Crippen molar-refractivity contribution in [2.24, 2.45) is 0 Å². The molecule has 1 unspecified atom stereocenters. The van der Waals surface area contributed by atoms with E-state index in [9.17, 15) is 17.6 Å². The van der Waals surface area contributed by atoms with E-state index in [0.29, 0.717) is 32.5 Å². The number of nitrogens with one attached hydrogen (secondary N) is 2. The van der Waals surface area contributed by atoms with Crippen LogP contribution in [0.1, 0.15) is 30.9 Å². The van der Waals surface area contributed by atoms with Crippen LogP contribution in [0.3, 0.4) is 0 Å². The number of hydrogen-bond acceptors (Lipinski definition) is 7. The summed E-state index contributed by atoms with van der Waals surface area (Å²) in [6.45, 7) is 1.06. The average Bonchev–Trinajstić information content (AvgIpc) is 3.00. The van der Waals surface area contributed by atoms with Gasteiger partial charge >= 0.3 is 6.18 Å². The lowest BCUT2D eigenvalue weighted by Crippen LogP contribution is -2.50. The summed E-state index contributed by atoms with van der Waals surface area (Å²) >= 11 is 6.38. The fourth-order valence-corrected chi connectivity index (χ4v) is 3.98. The molecule has 30 heavy (non-hydrogen) atoms. The predicted molar refractivity (Wildman–Crippen MR) is 101 cm³/mol. The number of halogens is 5. The molecule has 0 radical (unpaired) electrons. The summed E-state index contributed by atoms with van der Waals surface area (Å²) < 4.78 is 60.3. The molecule has 1 saturated carbocycles. The molecule has 1 aliphatic carbocycles. The van der Waals surface area contributed by atoms with Crippen LogP contribution in [0.4, 0.5) is 35.0 Å². The molecule has 2 N–H and O–H groups in total. The molecule has 3 heterocycles. The van der Waals surface area contributed by atoms with Gasteiger partial charge in [-0.05, 0) is 19.3 Å². The lowest BCUT2D eigenvalue weighted by Gasteiger charge is -2.42. The van der Waals surface area contributed by atoms with Crippen molar-refractivity contribution < 1.29 is 22.3 Å². The number of rotatable bonds is 5. The summed E-state index contributed by atoms with van der Waals surface area (Å²) in [7, 11) is 1.33. The number of ether oxygens (including phenoxy) is 1. The largest absolute Gasteiger partial charge is 0.421 e. The van der Waals surface area contributed by atoms with Crippen molar-refractivity contribution in [1.29, 1.82) is 0 Å². The molecule has 164 valence electrons. The minimum absolute atomic E-state index is 0.0907. The standard InChI is InChI=1S/C17H20ClF4N7O/c1-23-15-10(17(20,21)22)5-24-16(27-15)26-12-6-25-29(14(12)18)13-3-2-9(4-11(13)19)28-7-30-8-28/h5-6,9,11,13H,2-4,7-8H2,1H3,(H2,23,24,26,27)/t9?,11-,13-/m0/s1. The Morgan fingerprint density at radius 1 is 1.23 bits per heavy atom. The first-order chi connectivity index (χ1) is 14.3. The van der Waals surface area contributed by atoms with Crippen LogP contribution in [0.25, 0.3) is 0 Å². The van der Waals surface area contributed by atoms with Gasteiger partial charge in [-0.15, -0.1) is 0 Å². The van der Waals surface area contributed by atoms with Crippen LogP contribution in [-0.4, -0.2) is 57.4 Å². The third-order valence-corrected chi connectivity index (χ3v) is 5.74. The Hall–Kier alpha value is -2.18. The molecule has 0 aromatic carbocycles. The molecular formula is C17H20ClF4N7O. The first-order valence-corrected chi connectivity index (χ1v) is 9.73. The smallest absolute Gasteiger partial charge is 0.372 e. The van der Waals surface area contributed by atoms with Gasteiger partial charge in [0.05, 0.1) is 17.9 Å². The van der Waals surface area contributed by atoms with E-state index in [4.69, 9.17) is 16.3 Å². The second-order valence-corrected chi connectivity index (χ2v) is 7.58. The van der Waals surface area contributed by atoms with Gasteiger partial charge in [-0.3, -0.25) is 4.90 Å². The maximum absolute atomic E-state index is 14.8. The van der Waals surface area contributed by atoms with Gasteiger partial charge in [-0.2, -0.15) is 23.3 Å². The molecule has 0 amide bonds. The van der Waals surface area contributed by atoms with E-state index < -0.39 is 24.0 Å². The monoisotopic (exact) mass is 449 g/mol. The molecule has 4 rings (SSSR count). The normalized spacial score (nSPS) is 25.1. The molecule has 13 heteroatoms. The second-order valence-electron chi connectivity index (χ2n) is 7.22. The van der Waals surface area contributed by atoms with E-state index >= 15 is 0 Å². The van der Waals surface area contributed by atoms with Gasteiger partial charge in [0.25, 0.3) is 0 Å². The molecule has 2 aromatic rings. The minimum Gasteiger partial charge on any atom is -0.372 e. The predicted octanol–water partition coefficient (Wildman–Crippen LogP) is 3.81. The molecule has 2 aromatic heterocycles. The van der Waals surface area contributed by atoms with E-state index in [1.807, 2.05) is 0 Å². The van der Waals surface area contributed by atoms with Crippen molar-refractivity contribution >= 4 is 29.1 Å². The van der Waals surface area contributed by atoms with Gasteiger partial charge in [0.15, 0.2) is 5.15 Å². The number of alkyl halides is 4. The summed E-state index contributed by atoms with van der Waals surface area (Å²) in [5, 5.41) is 9.48. The third-order valence-electron chi connectivity index (χ3n) is 5.37. The van der Waals surface area contributed by atoms with E-state index in [0.717, 1.165) is 6.42 Å². The van der Waals surface area contributed by atoms with Crippen LogP contribution in [-0.2, 0) is 10.9 Å². The highest BCUT2D eigenvalue weighted by molar-refractivity contribution is 6.32. The first-order valence-electron chi connectivity index (χ1n) is 9.35. The van der Waals surface area contributed by atoms with Gasteiger partial charge in [0.1, 0.15) is 31.0 Å². The topological polar surface area (TPSA) is 80.1 Å². The molecule has 2 fully saturated rings. The third kappa shape index (κ3) is 4.03. The minimum atomic E-state index is -4.59. The fraction of sp³-hybridized carbons (Fsp3) is 0.588. The molecule has 1 aliphatic heterocycles. The first kappa shape index (κ1) is 21.1. The summed E-state index contributed by atoms with van der Waals surface area (Å²) in [6, 6.07) is -0.384. The Morgan fingerprint density at radius 2 is 2.00 bits per heavy atom. The van der Waals surface area contributed by atoms with Gasteiger partial charge < -0.3 is 15.4 Å². The molecule has 2 aliphatic rings. The van der Waals surface area contributed by atoms with Crippen LogP contribution in [0.2, 0.25) is 5.15 Å². The van der Waals surface area contributed by atoms with Gasteiger partial charge in [-0.1, -0.05) is 11.6 Å². The summed E-state index contributed by atoms with van der Waals surface area (Å²) in [5.41, 5.74) is -0.703. The number of hydrogen-bond donors (Lipinski definition) is 2. The van der Waals surface area contributed by atoms with Crippen LogP contribution < -0.4 is 10.6 Å². The average molecular weight is 450 g/mol. The zero-order valence-corrected chi connectivity index (χ0v) is 16.7. The van der Waals surface area contributed by atoms with Gasteiger partial charge in [0.2, 0.25) is 5.95 Å². The molecular weight excluding hydrogens is 430 g/mol. The number of nitrogens with zero attached hydrogens (tertiary/aromatic N) is 5. The van der Waals surface area contributed by atoms with Crippen LogP contribution in [0.5, 0.6) is 0 Å². The molecule has 8 nitrogen and oxygen atoms in total. The molecule has 1 saturated heterocycles. The van der Waals surface area contributed by atoms with Crippen molar-refractivity contribution in [3.63, 3.8) is 0 Å².